The molecule has 0 atom stereocenters. The molecule has 2 N–H and O–H groups in total. The molecule has 0 radical (unpaired) electrons. The third kappa shape index (κ3) is 4.05. The van der Waals surface area contributed by atoms with Gasteiger partial charge in [-0.05, 0) is 46.8 Å². The molecule has 1 amide bonds. The van der Waals surface area contributed by atoms with Crippen molar-refractivity contribution < 1.29 is 4.79 Å². The van der Waals surface area contributed by atoms with Crippen LogP contribution in [-0.2, 0) is 16.8 Å². The number of carbonyl (C=O) groups is 1. The minimum atomic E-state index is -0.140. The van der Waals surface area contributed by atoms with E-state index in [9.17, 15) is 4.79 Å². The Morgan fingerprint density at radius 1 is 1.28 bits per heavy atom. The van der Waals surface area contributed by atoms with Crippen LogP contribution in [0.1, 0.15) is 26.3 Å². The maximum Gasteiger partial charge on any atom is 0.244 e. The summed E-state index contributed by atoms with van der Waals surface area (Å²) in [6, 6.07) is 11.8. The Hall–Kier alpha value is -2.25. The van der Waals surface area contributed by atoms with E-state index in [-0.39, 0.29) is 17.9 Å². The summed E-state index contributed by atoms with van der Waals surface area (Å²) in [6.45, 7) is 6.59. The first kappa shape index (κ1) is 17.6. The first-order chi connectivity index (χ1) is 11.8. The fourth-order valence-electron chi connectivity index (χ4n) is 2.46. The highest BCUT2D eigenvalue weighted by atomic mass is 32.1. The smallest absolute Gasteiger partial charge is 0.244 e. The Balaban J connectivity index is 1.74. The molecule has 0 saturated heterocycles. The van der Waals surface area contributed by atoms with Crippen molar-refractivity contribution in [3.63, 3.8) is 0 Å². The van der Waals surface area contributed by atoms with Crippen LogP contribution in [-0.4, -0.2) is 20.7 Å². The normalized spacial score (nSPS) is 11.5. The van der Waals surface area contributed by atoms with Crippen molar-refractivity contribution in [2.45, 2.75) is 32.7 Å². The van der Waals surface area contributed by atoms with Gasteiger partial charge in [0.25, 0.3) is 0 Å². The van der Waals surface area contributed by atoms with Gasteiger partial charge in [-0.1, -0.05) is 39.0 Å². The van der Waals surface area contributed by atoms with Gasteiger partial charge < -0.3 is 5.32 Å². The van der Waals surface area contributed by atoms with Gasteiger partial charge in [0.05, 0.1) is 4.88 Å². The molecule has 0 spiro atoms. The van der Waals surface area contributed by atoms with Crippen molar-refractivity contribution >= 4 is 35.1 Å². The van der Waals surface area contributed by atoms with E-state index in [0.717, 1.165) is 10.6 Å². The number of hydrogen-bond donors (Lipinski definition) is 2. The summed E-state index contributed by atoms with van der Waals surface area (Å²) in [6.07, 6.45) is 0. The summed E-state index contributed by atoms with van der Waals surface area (Å²) < 4.78 is 2.14. The third-order valence-electron chi connectivity index (χ3n) is 3.84. The van der Waals surface area contributed by atoms with Crippen LogP contribution in [0.4, 0.5) is 5.69 Å². The van der Waals surface area contributed by atoms with Gasteiger partial charge in [-0.3, -0.25) is 14.5 Å². The fraction of sp³-hybridized carbons (Fsp3) is 0.278. The topological polar surface area (TPSA) is 62.7 Å². The zero-order chi connectivity index (χ0) is 18.0. The number of rotatable bonds is 4. The molecule has 0 aliphatic rings. The number of nitrogens with zero attached hydrogens (tertiary/aromatic N) is 2. The van der Waals surface area contributed by atoms with E-state index in [0.29, 0.717) is 10.6 Å². The Bertz CT molecular complexity index is 915. The molecule has 0 aliphatic heterocycles. The lowest BCUT2D eigenvalue weighted by atomic mass is 9.87. The van der Waals surface area contributed by atoms with Gasteiger partial charge in [0.1, 0.15) is 6.54 Å². The van der Waals surface area contributed by atoms with Crippen LogP contribution in [0, 0.1) is 4.77 Å². The average molecular weight is 373 g/mol. The van der Waals surface area contributed by atoms with Crippen LogP contribution in [0.15, 0.2) is 41.8 Å². The number of aromatic nitrogens is 3. The lowest BCUT2D eigenvalue weighted by Gasteiger charge is -2.19. The molecule has 3 aromatic rings. The SMILES string of the molecule is CC(C)(C)c1ccc(NC(=O)Cn2c(-c3cccs3)n[nH]c2=S)cc1. The number of anilines is 1. The van der Waals surface area contributed by atoms with E-state index in [1.165, 1.54) is 5.56 Å². The third-order valence-corrected chi connectivity index (χ3v) is 5.01. The summed E-state index contributed by atoms with van der Waals surface area (Å²) in [5.74, 6) is 0.539. The van der Waals surface area contributed by atoms with E-state index in [4.69, 9.17) is 12.2 Å². The first-order valence-electron chi connectivity index (χ1n) is 7.94. The van der Waals surface area contributed by atoms with Crippen molar-refractivity contribution in [3.8, 4) is 10.7 Å². The van der Waals surface area contributed by atoms with E-state index < -0.39 is 0 Å². The maximum atomic E-state index is 12.4. The lowest BCUT2D eigenvalue weighted by molar-refractivity contribution is -0.116. The summed E-state index contributed by atoms with van der Waals surface area (Å²) >= 11 is 6.81. The van der Waals surface area contributed by atoms with Gasteiger partial charge in [0.15, 0.2) is 10.6 Å². The Morgan fingerprint density at radius 2 is 2.00 bits per heavy atom. The standard InChI is InChI=1S/C18H20N4OS2/c1-18(2,3)12-6-8-13(9-7-12)19-15(23)11-22-16(20-21-17(22)24)14-5-4-10-25-14/h4-10H,11H2,1-3H3,(H,19,23)(H,21,24). The second kappa shape index (κ2) is 6.93. The van der Waals surface area contributed by atoms with E-state index in [1.807, 2.05) is 41.8 Å². The number of amides is 1. The molecule has 0 unspecified atom stereocenters. The molecule has 0 fully saturated rings. The zero-order valence-corrected chi connectivity index (χ0v) is 16.0. The van der Waals surface area contributed by atoms with Gasteiger partial charge in [0, 0.05) is 5.69 Å². The highest BCUT2D eigenvalue weighted by Crippen LogP contribution is 2.24. The second-order valence-electron chi connectivity index (χ2n) is 6.79. The number of H-pyrrole nitrogens is 1. The summed E-state index contributed by atoms with van der Waals surface area (Å²) in [5.41, 5.74) is 2.08. The van der Waals surface area contributed by atoms with E-state index in [2.05, 4.69) is 36.3 Å². The van der Waals surface area contributed by atoms with Crippen molar-refractivity contribution in [3.05, 3.63) is 52.1 Å². The molecule has 5 nitrogen and oxygen atoms in total. The molecular weight excluding hydrogens is 352 g/mol. The average Bonchev–Trinajstić information content (AvgIpc) is 3.18. The molecule has 0 bridgehead atoms. The quantitative estimate of drug-likeness (QED) is 0.658. The molecule has 3 rings (SSSR count). The maximum absolute atomic E-state index is 12.4. The van der Waals surface area contributed by atoms with Crippen LogP contribution in [0.5, 0.6) is 0 Å². The second-order valence-corrected chi connectivity index (χ2v) is 8.13. The van der Waals surface area contributed by atoms with Gasteiger partial charge in [-0.15, -0.1) is 11.3 Å². The largest absolute Gasteiger partial charge is 0.325 e. The van der Waals surface area contributed by atoms with Crippen molar-refractivity contribution in [1.29, 1.82) is 0 Å². The predicted molar refractivity (Wildman–Crippen MR) is 104 cm³/mol. The predicted octanol–water partition coefficient (Wildman–Crippen LogP) is 4.61. The molecule has 25 heavy (non-hydrogen) atoms. The van der Waals surface area contributed by atoms with Crippen molar-refractivity contribution in [1.82, 2.24) is 14.8 Å². The first-order valence-corrected chi connectivity index (χ1v) is 9.23. The molecular formula is C18H20N4OS2. The zero-order valence-electron chi connectivity index (χ0n) is 14.4. The van der Waals surface area contributed by atoms with Crippen LogP contribution in [0.25, 0.3) is 10.7 Å². The number of hydrogen-bond acceptors (Lipinski definition) is 4. The summed E-state index contributed by atoms with van der Waals surface area (Å²) in [5, 5.41) is 11.9. The Labute approximate surface area is 155 Å². The number of benzene rings is 1. The molecule has 7 heteroatoms. The van der Waals surface area contributed by atoms with Gasteiger partial charge >= 0.3 is 0 Å². The minimum absolute atomic E-state index is 0.0853. The summed E-state index contributed by atoms with van der Waals surface area (Å²) in [4.78, 5) is 13.4. The Kier molecular flexibility index (Phi) is 4.87. The number of nitrogens with one attached hydrogen (secondary N) is 2. The van der Waals surface area contributed by atoms with Crippen molar-refractivity contribution in [2.75, 3.05) is 5.32 Å². The van der Waals surface area contributed by atoms with E-state index in [1.54, 1.807) is 15.9 Å². The fourth-order valence-corrected chi connectivity index (χ4v) is 3.37. The molecule has 2 heterocycles. The number of aromatic amines is 1. The highest BCUT2D eigenvalue weighted by molar-refractivity contribution is 7.71. The minimum Gasteiger partial charge on any atom is -0.325 e. The highest BCUT2D eigenvalue weighted by Gasteiger charge is 2.15. The van der Waals surface area contributed by atoms with Crippen LogP contribution < -0.4 is 5.32 Å². The molecule has 0 saturated carbocycles. The molecule has 2 aromatic heterocycles. The van der Waals surface area contributed by atoms with Gasteiger partial charge in [-0.25, -0.2) is 0 Å². The summed E-state index contributed by atoms with van der Waals surface area (Å²) in [7, 11) is 0. The van der Waals surface area contributed by atoms with Crippen LogP contribution in [0.2, 0.25) is 0 Å². The van der Waals surface area contributed by atoms with Gasteiger partial charge in [0.2, 0.25) is 5.91 Å². The lowest BCUT2D eigenvalue weighted by Crippen LogP contribution is -2.19. The molecule has 0 aliphatic carbocycles. The van der Waals surface area contributed by atoms with E-state index >= 15 is 0 Å². The number of carbonyl (C=O) groups excluding carboxylic acids is 1. The van der Waals surface area contributed by atoms with Crippen LogP contribution in [0.3, 0.4) is 0 Å². The monoisotopic (exact) mass is 372 g/mol. The van der Waals surface area contributed by atoms with Crippen LogP contribution >= 0.6 is 23.6 Å². The molecule has 1 aromatic carbocycles. The van der Waals surface area contributed by atoms with Gasteiger partial charge in [-0.2, -0.15) is 5.10 Å². The molecule has 130 valence electrons. The van der Waals surface area contributed by atoms with Crippen molar-refractivity contribution in [2.24, 2.45) is 0 Å². The Morgan fingerprint density at radius 3 is 2.60 bits per heavy atom. The number of thiophene rings is 1.